The Labute approximate surface area is 326 Å². The number of imide groups is 1. The largest absolute Gasteiger partial charge is 0.481 e. The van der Waals surface area contributed by atoms with Crippen LogP contribution in [-0.2, 0) is 47.7 Å². The Bertz CT molecular complexity index is 1070. The summed E-state index contributed by atoms with van der Waals surface area (Å²) in [4.78, 5) is 81.9. The second-order valence-corrected chi connectivity index (χ2v) is 12.8. The quantitative estimate of drug-likeness (QED) is 0.0388. The first kappa shape index (κ1) is 50.6. The smallest absolute Gasteiger partial charge is 0.414 e. The van der Waals surface area contributed by atoms with E-state index >= 15 is 0 Å². The average molecular weight is 841 g/mol. The van der Waals surface area contributed by atoms with E-state index < -0.39 is 18.0 Å². The molecule has 0 bridgehead atoms. The van der Waals surface area contributed by atoms with E-state index in [9.17, 15) is 38.7 Å². The molecule has 18 nitrogen and oxygen atoms in total. The molecule has 0 saturated heterocycles. The molecular formula is C35H62BrN5O13. The monoisotopic (exact) mass is 839 g/mol. The number of hydrogen-bond donors (Lipinski definition) is 6. The van der Waals surface area contributed by atoms with Crippen LogP contribution in [0.15, 0.2) is 0 Å². The Morgan fingerprint density at radius 2 is 0.889 bits per heavy atom. The summed E-state index contributed by atoms with van der Waals surface area (Å²) in [6, 6.07) is 0. The van der Waals surface area contributed by atoms with E-state index in [1.165, 1.54) is 0 Å². The van der Waals surface area contributed by atoms with Gasteiger partial charge in [0, 0.05) is 52.0 Å². The summed E-state index contributed by atoms with van der Waals surface area (Å²) < 4.78 is 21.2. The van der Waals surface area contributed by atoms with E-state index in [-0.39, 0.29) is 127 Å². The number of amides is 6. The number of unbranched alkanes of at least 4 members (excludes halogenated alkanes) is 9. The number of halogens is 1. The minimum atomic E-state index is -1.32. The van der Waals surface area contributed by atoms with Gasteiger partial charge in [0.15, 0.2) is 0 Å². The number of rotatable bonds is 37. The Morgan fingerprint density at radius 3 is 1.37 bits per heavy atom. The highest BCUT2D eigenvalue weighted by Crippen LogP contribution is 2.13. The first-order valence-electron chi connectivity index (χ1n) is 18.8. The maximum atomic E-state index is 12.4. The van der Waals surface area contributed by atoms with Crippen LogP contribution in [0.25, 0.3) is 0 Å². The number of carboxylic acids is 1. The highest BCUT2D eigenvalue weighted by molar-refractivity contribution is 9.09. The van der Waals surface area contributed by atoms with Crippen LogP contribution >= 0.6 is 15.9 Å². The predicted molar refractivity (Wildman–Crippen MR) is 201 cm³/mol. The van der Waals surface area contributed by atoms with E-state index in [2.05, 4.69) is 37.2 Å². The summed E-state index contributed by atoms with van der Waals surface area (Å²) in [7, 11) is 0. The Balaban J connectivity index is 3.66. The van der Waals surface area contributed by atoms with Gasteiger partial charge in [-0.2, -0.15) is 0 Å². The van der Waals surface area contributed by atoms with E-state index in [0.717, 1.165) is 62.7 Å². The number of nitrogens with zero attached hydrogens (tertiary/aromatic N) is 1. The molecule has 0 aliphatic heterocycles. The molecule has 0 aliphatic rings. The van der Waals surface area contributed by atoms with Crippen LogP contribution in [0.5, 0.6) is 0 Å². The molecule has 0 aromatic carbocycles. The highest BCUT2D eigenvalue weighted by Gasteiger charge is 2.20. The van der Waals surface area contributed by atoms with Crippen molar-refractivity contribution in [2.24, 2.45) is 0 Å². The van der Waals surface area contributed by atoms with Crippen molar-refractivity contribution < 1.29 is 62.7 Å². The number of alkyl halides is 1. The van der Waals surface area contributed by atoms with Crippen molar-refractivity contribution in [3.05, 3.63) is 0 Å². The van der Waals surface area contributed by atoms with Gasteiger partial charge in [-0.15, -0.1) is 0 Å². The van der Waals surface area contributed by atoms with Gasteiger partial charge < -0.3 is 50.4 Å². The summed E-state index contributed by atoms with van der Waals surface area (Å²) in [6.07, 6.45) is 8.78. The number of hydrogen-bond acceptors (Lipinski definition) is 11. The maximum Gasteiger partial charge on any atom is 0.414 e. The average Bonchev–Trinajstić information content (AvgIpc) is 3.13. The summed E-state index contributed by atoms with van der Waals surface area (Å²) in [5.41, 5.74) is 0. The second-order valence-electron chi connectivity index (χ2n) is 12.2. The maximum absolute atomic E-state index is 12.4. The van der Waals surface area contributed by atoms with E-state index in [4.69, 9.17) is 24.1 Å². The van der Waals surface area contributed by atoms with Crippen LogP contribution in [0.4, 0.5) is 4.79 Å². The lowest BCUT2D eigenvalue weighted by Gasteiger charge is -2.17. The Morgan fingerprint density at radius 1 is 0.463 bits per heavy atom. The molecule has 6 amide bonds. The van der Waals surface area contributed by atoms with Crippen molar-refractivity contribution in [3.63, 3.8) is 0 Å². The number of carboxylic acid groups (broad SMARTS) is 2. The fraction of sp³-hybridized carbons (Fsp3) is 0.800. The first-order valence-corrected chi connectivity index (χ1v) is 19.9. The molecule has 0 aliphatic carbocycles. The van der Waals surface area contributed by atoms with Gasteiger partial charge in [-0.25, -0.2) is 9.69 Å². The van der Waals surface area contributed by atoms with Crippen LogP contribution in [0.1, 0.15) is 89.9 Å². The van der Waals surface area contributed by atoms with Gasteiger partial charge in [-0.1, -0.05) is 67.3 Å². The van der Waals surface area contributed by atoms with Gasteiger partial charge in [-0.3, -0.25) is 28.8 Å². The van der Waals surface area contributed by atoms with Crippen molar-refractivity contribution in [2.75, 3.05) is 90.9 Å². The minimum Gasteiger partial charge on any atom is -0.481 e. The van der Waals surface area contributed by atoms with Gasteiger partial charge in [-0.05, 0) is 19.3 Å². The number of carbonyl (C=O) groups excluding carboxylic acids is 5. The summed E-state index contributed by atoms with van der Waals surface area (Å²) in [6.45, 7) is 2.10. The van der Waals surface area contributed by atoms with Gasteiger partial charge in [0.2, 0.25) is 29.5 Å². The zero-order chi connectivity index (χ0) is 40.1. The third-order valence-corrected chi connectivity index (χ3v) is 8.10. The normalized spacial score (nSPS) is 10.8. The minimum absolute atomic E-state index is 0.0531. The van der Waals surface area contributed by atoms with Crippen molar-refractivity contribution >= 4 is 57.5 Å². The molecule has 312 valence electrons. The number of carbonyl (C=O) groups is 7. The SMILES string of the molecule is O=C(O)CCCCCCCCCCCCC(=O)N(CCCC(=O)NCCOCCOCC(=O)NCCOCCOCC(=O)NCCNC(=O)CBr)C(=O)O. The zero-order valence-corrected chi connectivity index (χ0v) is 33.1. The molecule has 54 heavy (non-hydrogen) atoms. The van der Waals surface area contributed by atoms with Crippen molar-refractivity contribution in [1.29, 1.82) is 0 Å². The molecule has 0 saturated carbocycles. The summed E-state index contributed by atoms with van der Waals surface area (Å²) in [5.74, 6) is -2.29. The molecule has 0 aromatic heterocycles. The van der Waals surface area contributed by atoms with Crippen molar-refractivity contribution in [2.45, 2.75) is 89.9 Å². The van der Waals surface area contributed by atoms with Crippen molar-refractivity contribution in [1.82, 2.24) is 26.2 Å². The third kappa shape index (κ3) is 34.4. The second kappa shape index (κ2) is 36.6. The standard InChI is InChI=1S/C35H62BrN5O13/c36-26-30(43)37-15-16-38-31(44)27-53-24-23-52-21-18-40-32(45)28-54-25-22-51-20-17-39-29(42)12-11-19-41(35(49)50)33(46)13-9-7-5-3-1-2-4-6-8-10-14-34(47)48/h1-28H2,(H,37,43)(H,38,44)(H,39,42)(H,40,45)(H,47,48)(H,49,50). The first-order chi connectivity index (χ1) is 26.1. The predicted octanol–water partition coefficient (Wildman–Crippen LogP) is 1.97. The molecule has 0 radical (unpaired) electrons. The molecule has 0 heterocycles. The van der Waals surface area contributed by atoms with Gasteiger partial charge in [0.1, 0.15) is 13.2 Å². The lowest BCUT2D eigenvalue weighted by atomic mass is 10.0. The molecular weight excluding hydrogens is 778 g/mol. The lowest BCUT2D eigenvalue weighted by Crippen LogP contribution is -2.37. The fourth-order valence-corrected chi connectivity index (χ4v) is 4.96. The van der Waals surface area contributed by atoms with Gasteiger partial charge >= 0.3 is 12.1 Å². The van der Waals surface area contributed by atoms with Gasteiger partial charge in [0.05, 0.1) is 45.0 Å². The van der Waals surface area contributed by atoms with Crippen LogP contribution in [-0.4, -0.2) is 148 Å². The van der Waals surface area contributed by atoms with Crippen LogP contribution in [0.3, 0.4) is 0 Å². The third-order valence-electron chi connectivity index (χ3n) is 7.59. The van der Waals surface area contributed by atoms with E-state index in [1.54, 1.807) is 0 Å². The van der Waals surface area contributed by atoms with E-state index in [1.807, 2.05) is 0 Å². The molecule has 0 fully saturated rings. The lowest BCUT2D eigenvalue weighted by molar-refractivity contribution is -0.137. The molecule has 0 aromatic rings. The zero-order valence-electron chi connectivity index (χ0n) is 31.5. The van der Waals surface area contributed by atoms with Crippen LogP contribution < -0.4 is 21.3 Å². The number of nitrogens with one attached hydrogen (secondary N) is 4. The van der Waals surface area contributed by atoms with Crippen LogP contribution in [0.2, 0.25) is 0 Å². The van der Waals surface area contributed by atoms with Crippen molar-refractivity contribution in [3.8, 4) is 0 Å². The van der Waals surface area contributed by atoms with Gasteiger partial charge in [0.25, 0.3) is 0 Å². The van der Waals surface area contributed by atoms with Crippen LogP contribution in [0, 0.1) is 0 Å². The fourth-order valence-electron chi connectivity index (χ4n) is 4.76. The topological polar surface area (TPSA) is 248 Å². The summed E-state index contributed by atoms with van der Waals surface area (Å²) in [5, 5.41) is 28.8. The molecule has 0 rings (SSSR count). The molecule has 19 heteroatoms. The molecule has 0 atom stereocenters. The molecule has 6 N–H and O–H groups in total. The van der Waals surface area contributed by atoms with E-state index in [0.29, 0.717) is 19.5 Å². The number of ether oxygens (including phenoxy) is 4. The molecule has 0 unspecified atom stereocenters. The number of aliphatic carboxylic acids is 1. The summed E-state index contributed by atoms with van der Waals surface area (Å²) >= 11 is 3.02. The highest BCUT2D eigenvalue weighted by atomic mass is 79.9. The Hall–Kier alpha value is -3.39. The molecule has 0 spiro atoms. The Kier molecular flexibility index (Phi) is 34.3.